The fourth-order valence-electron chi connectivity index (χ4n) is 1.85. The lowest BCUT2D eigenvalue weighted by Gasteiger charge is -2.08. The quantitative estimate of drug-likeness (QED) is 0.927. The number of nitrogens with zero attached hydrogens (tertiary/aromatic N) is 2. The third kappa shape index (κ3) is 3.26. The van der Waals surface area contributed by atoms with Crippen LogP contribution in [-0.2, 0) is 13.6 Å². The van der Waals surface area contributed by atoms with Gasteiger partial charge in [-0.05, 0) is 32.2 Å². The van der Waals surface area contributed by atoms with E-state index in [0.717, 1.165) is 22.2 Å². The van der Waals surface area contributed by atoms with Gasteiger partial charge >= 0.3 is 0 Å². The molecule has 19 heavy (non-hydrogen) atoms. The van der Waals surface area contributed by atoms with Gasteiger partial charge in [-0.25, -0.2) is 0 Å². The minimum Gasteiger partial charge on any atom is -0.316 e. The summed E-state index contributed by atoms with van der Waals surface area (Å²) in [5.41, 5.74) is 2.21. The Balaban J connectivity index is 2.40. The first-order valence-electron chi connectivity index (χ1n) is 5.83. The van der Waals surface area contributed by atoms with Crippen molar-refractivity contribution in [2.24, 2.45) is 7.05 Å². The molecule has 0 atom stereocenters. The van der Waals surface area contributed by atoms with E-state index in [1.165, 1.54) is 5.56 Å². The van der Waals surface area contributed by atoms with Crippen molar-refractivity contribution in [3.63, 3.8) is 0 Å². The Kier molecular flexibility index (Phi) is 4.79. The van der Waals surface area contributed by atoms with E-state index >= 15 is 0 Å². The first-order chi connectivity index (χ1) is 9.02. The molecule has 0 aliphatic heterocycles. The van der Waals surface area contributed by atoms with E-state index in [0.29, 0.717) is 10.0 Å². The highest BCUT2D eigenvalue weighted by molar-refractivity contribution is 7.99. The first kappa shape index (κ1) is 14.7. The van der Waals surface area contributed by atoms with Crippen LogP contribution in [0.4, 0.5) is 0 Å². The van der Waals surface area contributed by atoms with E-state index < -0.39 is 0 Å². The van der Waals surface area contributed by atoms with Crippen LogP contribution in [0.5, 0.6) is 0 Å². The Morgan fingerprint density at radius 1 is 1.37 bits per heavy atom. The zero-order valence-electron chi connectivity index (χ0n) is 11.0. The average Bonchev–Trinajstić information content (AvgIpc) is 2.61. The van der Waals surface area contributed by atoms with E-state index in [-0.39, 0.29) is 0 Å². The number of hydrogen-bond acceptors (Lipinski definition) is 3. The molecule has 1 aromatic heterocycles. The highest BCUT2D eigenvalue weighted by atomic mass is 35.5. The third-order valence-electron chi connectivity index (χ3n) is 2.74. The van der Waals surface area contributed by atoms with Gasteiger partial charge in [0.15, 0.2) is 0 Å². The SMILES string of the molecule is CNCc1c(C)nn(C)c1Sc1cc(Cl)ccc1Cl. The molecule has 0 bridgehead atoms. The van der Waals surface area contributed by atoms with Crippen LogP contribution in [0.15, 0.2) is 28.1 Å². The second kappa shape index (κ2) is 6.18. The van der Waals surface area contributed by atoms with Crippen molar-refractivity contribution in [2.45, 2.75) is 23.4 Å². The monoisotopic (exact) mass is 315 g/mol. The molecule has 0 saturated carbocycles. The molecule has 2 rings (SSSR count). The molecule has 2 aromatic rings. The van der Waals surface area contributed by atoms with Crippen LogP contribution in [-0.4, -0.2) is 16.8 Å². The second-order valence-corrected chi connectivity index (χ2v) is 6.07. The summed E-state index contributed by atoms with van der Waals surface area (Å²) in [4.78, 5) is 0.939. The summed E-state index contributed by atoms with van der Waals surface area (Å²) in [5.74, 6) is 0. The third-order valence-corrected chi connectivity index (χ3v) is 4.68. The molecule has 0 unspecified atom stereocenters. The standard InChI is InChI=1S/C13H15Cl2N3S/c1-8-10(7-16-2)13(18(3)17-8)19-12-6-9(14)4-5-11(12)15/h4-6,16H,7H2,1-3H3. The fourth-order valence-corrected chi connectivity index (χ4v) is 3.39. The molecule has 0 radical (unpaired) electrons. The number of nitrogens with one attached hydrogen (secondary N) is 1. The van der Waals surface area contributed by atoms with Crippen molar-refractivity contribution >= 4 is 35.0 Å². The maximum atomic E-state index is 6.21. The van der Waals surface area contributed by atoms with Gasteiger partial charge in [0.05, 0.1) is 10.7 Å². The normalized spacial score (nSPS) is 11.0. The summed E-state index contributed by atoms with van der Waals surface area (Å²) in [6.45, 7) is 2.79. The highest BCUT2D eigenvalue weighted by Crippen LogP contribution is 2.37. The highest BCUT2D eigenvalue weighted by Gasteiger charge is 2.15. The Hall–Kier alpha value is -0.680. The smallest absolute Gasteiger partial charge is 0.103 e. The van der Waals surface area contributed by atoms with Crippen LogP contribution in [0.3, 0.4) is 0 Å². The molecule has 1 heterocycles. The van der Waals surface area contributed by atoms with Gasteiger partial charge in [0, 0.05) is 29.1 Å². The van der Waals surface area contributed by atoms with E-state index in [1.54, 1.807) is 17.8 Å². The number of halogens is 2. The Labute approximate surface area is 127 Å². The minimum atomic E-state index is 0.681. The van der Waals surface area contributed by atoms with E-state index in [9.17, 15) is 0 Å². The van der Waals surface area contributed by atoms with Crippen molar-refractivity contribution < 1.29 is 0 Å². The molecule has 0 amide bonds. The van der Waals surface area contributed by atoms with Crippen LogP contribution < -0.4 is 5.32 Å². The van der Waals surface area contributed by atoms with Gasteiger partial charge in [-0.3, -0.25) is 4.68 Å². The second-order valence-electron chi connectivity index (χ2n) is 4.20. The van der Waals surface area contributed by atoms with Crippen LogP contribution >= 0.6 is 35.0 Å². The van der Waals surface area contributed by atoms with Crippen LogP contribution in [0.2, 0.25) is 10.0 Å². The van der Waals surface area contributed by atoms with Crippen LogP contribution in [0.1, 0.15) is 11.3 Å². The van der Waals surface area contributed by atoms with Crippen molar-refractivity contribution in [3.05, 3.63) is 39.5 Å². The van der Waals surface area contributed by atoms with Gasteiger partial charge in [-0.2, -0.15) is 5.10 Å². The van der Waals surface area contributed by atoms with Gasteiger partial charge < -0.3 is 5.32 Å². The molecule has 0 spiro atoms. The first-order valence-corrected chi connectivity index (χ1v) is 7.40. The molecule has 3 nitrogen and oxygen atoms in total. The van der Waals surface area contributed by atoms with Crippen molar-refractivity contribution in [1.29, 1.82) is 0 Å². The predicted octanol–water partition coefficient (Wildman–Crippen LogP) is 3.91. The number of aromatic nitrogens is 2. The summed E-state index contributed by atoms with van der Waals surface area (Å²) < 4.78 is 1.88. The van der Waals surface area contributed by atoms with Gasteiger partial charge in [0.2, 0.25) is 0 Å². The summed E-state index contributed by atoms with van der Waals surface area (Å²) in [6.07, 6.45) is 0. The summed E-state index contributed by atoms with van der Waals surface area (Å²) in [7, 11) is 3.86. The molecule has 1 N–H and O–H groups in total. The van der Waals surface area contributed by atoms with E-state index in [4.69, 9.17) is 23.2 Å². The number of benzene rings is 1. The molecular formula is C13H15Cl2N3S. The van der Waals surface area contributed by atoms with Crippen LogP contribution in [0.25, 0.3) is 0 Å². The van der Waals surface area contributed by atoms with Gasteiger partial charge in [0.25, 0.3) is 0 Å². The lowest BCUT2D eigenvalue weighted by atomic mass is 10.3. The van der Waals surface area contributed by atoms with Gasteiger partial charge in [0.1, 0.15) is 5.03 Å². The van der Waals surface area contributed by atoms with Gasteiger partial charge in [-0.1, -0.05) is 35.0 Å². The van der Waals surface area contributed by atoms with E-state index in [2.05, 4.69) is 10.4 Å². The summed E-state index contributed by atoms with van der Waals surface area (Å²) in [5, 5.41) is 10.1. The van der Waals surface area contributed by atoms with Crippen molar-refractivity contribution in [3.8, 4) is 0 Å². The summed E-state index contributed by atoms with van der Waals surface area (Å²) >= 11 is 13.8. The zero-order chi connectivity index (χ0) is 14.0. The molecule has 0 aliphatic rings. The number of rotatable bonds is 4. The molecule has 6 heteroatoms. The van der Waals surface area contributed by atoms with E-state index in [1.807, 2.05) is 37.8 Å². The largest absolute Gasteiger partial charge is 0.316 e. The summed E-state index contributed by atoms with van der Waals surface area (Å²) in [6, 6.07) is 5.48. The van der Waals surface area contributed by atoms with Crippen molar-refractivity contribution in [1.82, 2.24) is 15.1 Å². The molecule has 0 fully saturated rings. The Morgan fingerprint density at radius 3 is 2.79 bits per heavy atom. The molecule has 0 aliphatic carbocycles. The molecular weight excluding hydrogens is 301 g/mol. The zero-order valence-corrected chi connectivity index (χ0v) is 13.3. The maximum Gasteiger partial charge on any atom is 0.103 e. The Bertz CT molecular complexity index is 596. The van der Waals surface area contributed by atoms with Crippen molar-refractivity contribution in [2.75, 3.05) is 7.05 Å². The maximum absolute atomic E-state index is 6.21. The number of aryl methyl sites for hydroxylation is 2. The molecule has 1 aromatic carbocycles. The van der Waals surface area contributed by atoms with Crippen LogP contribution in [0, 0.1) is 6.92 Å². The minimum absolute atomic E-state index is 0.681. The lowest BCUT2D eigenvalue weighted by Crippen LogP contribution is -2.06. The number of hydrogen-bond donors (Lipinski definition) is 1. The average molecular weight is 316 g/mol. The lowest BCUT2D eigenvalue weighted by molar-refractivity contribution is 0.684. The van der Waals surface area contributed by atoms with Gasteiger partial charge in [-0.15, -0.1) is 0 Å². The molecule has 102 valence electrons. The topological polar surface area (TPSA) is 29.9 Å². The predicted molar refractivity (Wildman–Crippen MR) is 81.3 cm³/mol. The Morgan fingerprint density at radius 2 is 2.11 bits per heavy atom. The molecule has 0 saturated heterocycles. The fraction of sp³-hybridized carbons (Fsp3) is 0.308.